The lowest BCUT2D eigenvalue weighted by Gasteiger charge is -2.35. The molecule has 140 valence electrons. The Morgan fingerprint density at radius 1 is 1.26 bits per heavy atom. The average Bonchev–Trinajstić information content (AvgIpc) is 3.35. The lowest BCUT2D eigenvalue weighted by atomic mass is 9.88. The molecule has 5 rings (SSSR count). The van der Waals surface area contributed by atoms with Gasteiger partial charge in [-0.15, -0.1) is 11.3 Å². The van der Waals surface area contributed by atoms with Crippen molar-refractivity contribution in [2.45, 2.75) is 26.2 Å². The number of anilines is 1. The van der Waals surface area contributed by atoms with Gasteiger partial charge in [-0.25, -0.2) is 9.97 Å². The number of aryl methyl sites for hydroxylation is 1. The molecular formula is C20H22N4O2S. The normalized spacial score (nSPS) is 20.1. The third-order valence-electron chi connectivity index (χ3n) is 5.67. The van der Waals surface area contributed by atoms with Crippen LogP contribution in [0.3, 0.4) is 0 Å². The second-order valence-electron chi connectivity index (χ2n) is 7.49. The molecule has 2 aliphatic rings. The number of carbonyl (C=O) groups excluding carboxylic acids is 1. The topological polar surface area (TPSA) is 62.5 Å². The molecule has 6 nitrogen and oxygen atoms in total. The van der Waals surface area contributed by atoms with Crippen LogP contribution < -0.4 is 4.90 Å². The molecule has 0 spiro atoms. The minimum atomic E-state index is -0.0331. The average molecular weight is 382 g/mol. The first-order valence-corrected chi connectivity index (χ1v) is 10.4. The van der Waals surface area contributed by atoms with Gasteiger partial charge in [0.1, 0.15) is 17.0 Å². The summed E-state index contributed by atoms with van der Waals surface area (Å²) >= 11 is 1.83. The van der Waals surface area contributed by atoms with Crippen LogP contribution in [0.1, 0.15) is 34.3 Å². The van der Waals surface area contributed by atoms with Crippen LogP contribution in [0.5, 0.6) is 0 Å². The Bertz CT molecular complexity index is 973. The van der Waals surface area contributed by atoms with Crippen LogP contribution in [0, 0.1) is 5.92 Å². The molecule has 7 heteroatoms. The van der Waals surface area contributed by atoms with Crippen molar-refractivity contribution in [1.82, 2.24) is 14.9 Å². The van der Waals surface area contributed by atoms with Crippen molar-refractivity contribution >= 4 is 33.3 Å². The minimum Gasteiger partial charge on any atom is -0.459 e. The first kappa shape index (κ1) is 16.7. The number of furan rings is 1. The summed E-state index contributed by atoms with van der Waals surface area (Å²) in [5.74, 6) is 2.13. The zero-order valence-electron chi connectivity index (χ0n) is 15.4. The molecule has 0 radical (unpaired) electrons. The number of thiophene rings is 1. The molecule has 0 aromatic carbocycles. The van der Waals surface area contributed by atoms with Gasteiger partial charge >= 0.3 is 0 Å². The van der Waals surface area contributed by atoms with Crippen molar-refractivity contribution in [2.24, 2.45) is 5.92 Å². The maximum Gasteiger partial charge on any atom is 0.289 e. The summed E-state index contributed by atoms with van der Waals surface area (Å²) in [6, 6.07) is 3.48. The molecule has 0 unspecified atom stereocenters. The molecule has 1 saturated heterocycles. The van der Waals surface area contributed by atoms with Gasteiger partial charge in [0.25, 0.3) is 5.91 Å². The van der Waals surface area contributed by atoms with Crippen molar-refractivity contribution in [1.29, 1.82) is 0 Å². The number of hydrogen-bond donors (Lipinski definition) is 0. The fourth-order valence-corrected chi connectivity index (χ4v) is 5.36. The summed E-state index contributed by atoms with van der Waals surface area (Å²) in [5.41, 5.74) is 1.46. The van der Waals surface area contributed by atoms with E-state index in [9.17, 15) is 4.79 Å². The van der Waals surface area contributed by atoms with E-state index in [1.165, 1.54) is 22.2 Å². The van der Waals surface area contributed by atoms with Crippen LogP contribution in [0.25, 0.3) is 10.2 Å². The first-order valence-electron chi connectivity index (χ1n) is 9.53. The maximum atomic E-state index is 12.5. The summed E-state index contributed by atoms with van der Waals surface area (Å²) in [7, 11) is 0. The van der Waals surface area contributed by atoms with Crippen molar-refractivity contribution in [3.63, 3.8) is 0 Å². The van der Waals surface area contributed by atoms with E-state index in [1.807, 2.05) is 16.2 Å². The Morgan fingerprint density at radius 2 is 2.11 bits per heavy atom. The number of rotatable bonds is 2. The highest BCUT2D eigenvalue weighted by Gasteiger charge is 2.28. The standard InChI is InChI=1S/C20H22N4O2S/c1-13-4-5-16-14(11-13)17-18(21-12-22-19(17)27-16)23-6-8-24(9-7-23)20(25)15-3-2-10-26-15/h2-3,10,12-13H,4-9,11H2,1H3/t13-/m1/s1. The second kappa shape index (κ2) is 6.64. The van der Waals surface area contributed by atoms with E-state index in [0.29, 0.717) is 24.8 Å². The number of piperazine rings is 1. The van der Waals surface area contributed by atoms with Crippen molar-refractivity contribution in [3.05, 3.63) is 40.9 Å². The largest absolute Gasteiger partial charge is 0.459 e. The SMILES string of the molecule is C[C@@H]1CCc2sc3ncnc(N4CCN(C(=O)c5ccco5)CC4)c3c2C1. The van der Waals surface area contributed by atoms with E-state index < -0.39 is 0 Å². The summed E-state index contributed by atoms with van der Waals surface area (Å²) < 4.78 is 5.26. The highest BCUT2D eigenvalue weighted by Crippen LogP contribution is 2.40. The minimum absolute atomic E-state index is 0.0331. The molecule has 27 heavy (non-hydrogen) atoms. The van der Waals surface area contributed by atoms with Gasteiger partial charge < -0.3 is 14.2 Å². The van der Waals surface area contributed by atoms with Crippen molar-refractivity contribution in [3.8, 4) is 0 Å². The van der Waals surface area contributed by atoms with E-state index in [4.69, 9.17) is 4.42 Å². The van der Waals surface area contributed by atoms with E-state index in [1.54, 1.807) is 24.7 Å². The highest BCUT2D eigenvalue weighted by atomic mass is 32.1. The lowest BCUT2D eigenvalue weighted by Crippen LogP contribution is -2.49. The number of carbonyl (C=O) groups is 1. The Balaban J connectivity index is 1.41. The van der Waals surface area contributed by atoms with Crippen LogP contribution in [0.15, 0.2) is 29.1 Å². The van der Waals surface area contributed by atoms with E-state index in [-0.39, 0.29) is 5.91 Å². The summed E-state index contributed by atoms with van der Waals surface area (Å²) in [4.78, 5) is 28.5. The summed E-state index contributed by atoms with van der Waals surface area (Å²) in [6.07, 6.45) is 6.76. The molecule has 1 aliphatic heterocycles. The summed E-state index contributed by atoms with van der Waals surface area (Å²) in [6.45, 7) is 5.23. The Morgan fingerprint density at radius 3 is 2.89 bits per heavy atom. The molecule has 1 amide bonds. The summed E-state index contributed by atoms with van der Waals surface area (Å²) in [5, 5.41) is 1.25. The number of fused-ring (bicyclic) bond motifs is 3. The van der Waals surface area contributed by atoms with Crippen molar-refractivity contribution < 1.29 is 9.21 Å². The number of amides is 1. The van der Waals surface area contributed by atoms with Crippen LogP contribution in [0.2, 0.25) is 0 Å². The van der Waals surface area contributed by atoms with E-state index in [2.05, 4.69) is 21.8 Å². The third kappa shape index (κ3) is 2.90. The quantitative estimate of drug-likeness (QED) is 0.680. The van der Waals surface area contributed by atoms with Gasteiger partial charge in [0, 0.05) is 31.1 Å². The second-order valence-corrected chi connectivity index (χ2v) is 8.57. The molecule has 0 bridgehead atoms. The molecule has 1 fully saturated rings. The van der Waals surface area contributed by atoms with E-state index in [0.717, 1.165) is 36.6 Å². The zero-order chi connectivity index (χ0) is 18.4. The molecule has 3 aromatic rings. The van der Waals surface area contributed by atoms with Crippen LogP contribution in [0.4, 0.5) is 5.82 Å². The Kier molecular flexibility index (Phi) is 4.11. The smallest absolute Gasteiger partial charge is 0.289 e. The Hall–Kier alpha value is -2.41. The van der Waals surface area contributed by atoms with Crippen LogP contribution >= 0.6 is 11.3 Å². The van der Waals surface area contributed by atoms with Gasteiger partial charge in [0.15, 0.2) is 5.76 Å². The maximum absolute atomic E-state index is 12.5. The van der Waals surface area contributed by atoms with Gasteiger partial charge in [0.05, 0.1) is 11.6 Å². The fraction of sp³-hybridized carbons (Fsp3) is 0.450. The monoisotopic (exact) mass is 382 g/mol. The molecule has 4 heterocycles. The molecule has 1 atom stereocenters. The Labute approximate surface area is 161 Å². The molecule has 3 aromatic heterocycles. The lowest BCUT2D eigenvalue weighted by molar-refractivity contribution is 0.0714. The number of aromatic nitrogens is 2. The predicted molar refractivity (Wildman–Crippen MR) is 105 cm³/mol. The van der Waals surface area contributed by atoms with Crippen molar-refractivity contribution in [2.75, 3.05) is 31.1 Å². The zero-order valence-corrected chi connectivity index (χ0v) is 16.2. The highest BCUT2D eigenvalue weighted by molar-refractivity contribution is 7.19. The van der Waals surface area contributed by atoms with Gasteiger partial charge in [-0.2, -0.15) is 0 Å². The third-order valence-corrected chi connectivity index (χ3v) is 6.87. The number of hydrogen-bond acceptors (Lipinski definition) is 6. The van der Waals surface area contributed by atoms with Gasteiger partial charge in [-0.1, -0.05) is 6.92 Å². The van der Waals surface area contributed by atoms with Crippen LogP contribution in [-0.2, 0) is 12.8 Å². The van der Waals surface area contributed by atoms with Crippen LogP contribution in [-0.4, -0.2) is 47.0 Å². The van der Waals surface area contributed by atoms with Gasteiger partial charge in [-0.05, 0) is 42.9 Å². The molecule has 0 N–H and O–H groups in total. The molecular weight excluding hydrogens is 360 g/mol. The fourth-order valence-electron chi connectivity index (χ4n) is 4.18. The van der Waals surface area contributed by atoms with E-state index >= 15 is 0 Å². The van der Waals surface area contributed by atoms with Gasteiger partial charge in [0.2, 0.25) is 0 Å². The predicted octanol–water partition coefficient (Wildman–Crippen LogP) is 3.37. The number of nitrogens with zero attached hydrogens (tertiary/aromatic N) is 4. The van der Waals surface area contributed by atoms with Gasteiger partial charge in [-0.3, -0.25) is 4.79 Å². The molecule has 0 saturated carbocycles. The molecule has 1 aliphatic carbocycles. The first-order chi connectivity index (χ1) is 13.2.